The van der Waals surface area contributed by atoms with Gasteiger partial charge in [-0.1, -0.05) is 115 Å². The number of H-pyrrole nitrogens is 1. The third kappa shape index (κ3) is 4.31. The molecule has 1 aliphatic carbocycles. The van der Waals surface area contributed by atoms with Gasteiger partial charge in [-0.15, -0.1) is 0 Å². The topological polar surface area (TPSA) is 24.0 Å². The standard InChI is InChI=1S/C48H33N3/c1-3-11-35(12-4-1)50-45-17-9-7-15-37(45)39-23-19-33(29-47(39)50)31-21-25-43-41(27-31)42-28-32(22-26-44(42)49-43)34-20-24-40-38-16-8-10-18-46(38)51(48(40)30-34)36-13-5-2-6-14-36/h1-30,39,47,49H. The number of hydrogen-bond donors (Lipinski definition) is 1. The summed E-state index contributed by atoms with van der Waals surface area (Å²) < 4.78 is 2.39. The smallest absolute Gasteiger partial charge is 0.0635 e. The summed E-state index contributed by atoms with van der Waals surface area (Å²) >= 11 is 0. The van der Waals surface area contributed by atoms with Gasteiger partial charge in [-0.3, -0.25) is 0 Å². The van der Waals surface area contributed by atoms with Gasteiger partial charge in [0.15, 0.2) is 0 Å². The minimum Gasteiger partial charge on any atom is -0.355 e. The van der Waals surface area contributed by atoms with E-state index in [0.29, 0.717) is 5.92 Å². The van der Waals surface area contributed by atoms with Crippen LogP contribution in [0.1, 0.15) is 17.0 Å². The van der Waals surface area contributed by atoms with Crippen LogP contribution in [0.25, 0.3) is 66.0 Å². The van der Waals surface area contributed by atoms with E-state index in [4.69, 9.17) is 0 Å². The SMILES string of the molecule is C1=CC2c3ccccc3N(c3ccccc3)C2C=C1c1ccc2[nH]c3ccc(-c4ccc5c6ccccc6n(-c6ccccc6)c5c4)cc3c2c1. The molecule has 2 atom stereocenters. The zero-order valence-electron chi connectivity index (χ0n) is 27.9. The van der Waals surface area contributed by atoms with Crippen molar-refractivity contribution in [1.82, 2.24) is 9.55 Å². The average Bonchev–Trinajstić information content (AvgIpc) is 3.85. The monoisotopic (exact) mass is 651 g/mol. The molecule has 0 fully saturated rings. The van der Waals surface area contributed by atoms with Crippen LogP contribution in [0.5, 0.6) is 0 Å². The lowest BCUT2D eigenvalue weighted by Crippen LogP contribution is -2.29. The Morgan fingerprint density at radius 3 is 1.92 bits per heavy atom. The van der Waals surface area contributed by atoms with Crippen LogP contribution in [0.15, 0.2) is 182 Å². The number of hydrogen-bond acceptors (Lipinski definition) is 1. The van der Waals surface area contributed by atoms with E-state index < -0.39 is 0 Å². The Hall–Kier alpha value is -6.58. The summed E-state index contributed by atoms with van der Waals surface area (Å²) in [6.07, 6.45) is 7.21. The highest BCUT2D eigenvalue weighted by atomic mass is 15.2. The van der Waals surface area contributed by atoms with Gasteiger partial charge in [0.1, 0.15) is 0 Å². The van der Waals surface area contributed by atoms with Gasteiger partial charge in [-0.2, -0.15) is 0 Å². The maximum absolute atomic E-state index is 3.69. The molecule has 3 heterocycles. The van der Waals surface area contributed by atoms with Crippen LogP contribution in [0.2, 0.25) is 0 Å². The van der Waals surface area contributed by atoms with Crippen LogP contribution >= 0.6 is 0 Å². The van der Waals surface area contributed by atoms with Crippen molar-refractivity contribution < 1.29 is 0 Å². The van der Waals surface area contributed by atoms with E-state index in [0.717, 1.165) is 11.0 Å². The molecule has 3 nitrogen and oxygen atoms in total. The lowest BCUT2D eigenvalue weighted by molar-refractivity contribution is 0.747. The highest BCUT2D eigenvalue weighted by Crippen LogP contribution is 2.49. The van der Waals surface area contributed by atoms with Crippen molar-refractivity contribution in [3.8, 4) is 16.8 Å². The molecule has 0 radical (unpaired) electrons. The molecule has 0 bridgehead atoms. The fourth-order valence-electron chi connectivity index (χ4n) is 8.69. The summed E-state index contributed by atoms with van der Waals surface area (Å²) in [4.78, 5) is 6.20. The summed E-state index contributed by atoms with van der Waals surface area (Å²) in [5, 5.41) is 5.02. The molecule has 1 N–H and O–H groups in total. The normalized spacial score (nSPS) is 16.6. The number of fused-ring (bicyclic) bond motifs is 9. The van der Waals surface area contributed by atoms with Gasteiger partial charge in [-0.25, -0.2) is 0 Å². The molecule has 240 valence electrons. The molecule has 2 aliphatic rings. The minimum atomic E-state index is 0.219. The molecule has 3 heteroatoms. The molecule has 0 saturated carbocycles. The van der Waals surface area contributed by atoms with Gasteiger partial charge in [0.2, 0.25) is 0 Å². The zero-order chi connectivity index (χ0) is 33.5. The van der Waals surface area contributed by atoms with E-state index in [1.165, 1.54) is 77.5 Å². The van der Waals surface area contributed by atoms with Gasteiger partial charge in [-0.05, 0) is 94.6 Å². The van der Waals surface area contributed by atoms with Crippen LogP contribution in [0.4, 0.5) is 11.4 Å². The molecule has 7 aromatic carbocycles. The van der Waals surface area contributed by atoms with Crippen molar-refractivity contribution in [2.45, 2.75) is 12.0 Å². The van der Waals surface area contributed by atoms with E-state index in [-0.39, 0.29) is 6.04 Å². The van der Waals surface area contributed by atoms with Crippen molar-refractivity contribution in [1.29, 1.82) is 0 Å². The van der Waals surface area contributed by atoms with Crippen LogP contribution in [0.3, 0.4) is 0 Å². The summed E-state index contributed by atoms with van der Waals surface area (Å²) in [6.45, 7) is 0. The zero-order valence-corrected chi connectivity index (χ0v) is 27.9. The number of benzene rings is 7. The molecule has 0 amide bonds. The molecule has 0 spiro atoms. The number of allylic oxidation sites excluding steroid dienone is 2. The molecule has 0 saturated heterocycles. The molecular weight excluding hydrogens is 619 g/mol. The Morgan fingerprint density at radius 2 is 1.10 bits per heavy atom. The molecule has 1 aliphatic heterocycles. The summed E-state index contributed by atoms with van der Waals surface area (Å²) in [6, 6.07) is 59.9. The summed E-state index contributed by atoms with van der Waals surface area (Å²) in [7, 11) is 0. The highest BCUT2D eigenvalue weighted by Gasteiger charge is 2.38. The molecule has 9 aromatic rings. The van der Waals surface area contributed by atoms with E-state index in [1.54, 1.807) is 0 Å². The number of nitrogens with zero attached hydrogens (tertiary/aromatic N) is 2. The maximum atomic E-state index is 3.69. The van der Waals surface area contributed by atoms with Gasteiger partial charge >= 0.3 is 0 Å². The Labute approximate surface area is 296 Å². The number of aromatic amines is 1. The predicted octanol–water partition coefficient (Wildman–Crippen LogP) is 12.3. The van der Waals surface area contributed by atoms with Crippen molar-refractivity contribution in [2.75, 3.05) is 4.90 Å². The second-order valence-corrected chi connectivity index (χ2v) is 13.8. The first kappa shape index (κ1) is 28.3. The van der Waals surface area contributed by atoms with E-state index >= 15 is 0 Å². The highest BCUT2D eigenvalue weighted by molar-refractivity contribution is 6.12. The first-order valence-electron chi connectivity index (χ1n) is 17.8. The molecule has 11 rings (SSSR count). The van der Waals surface area contributed by atoms with Gasteiger partial charge in [0.05, 0.1) is 17.1 Å². The van der Waals surface area contributed by atoms with Crippen LogP contribution in [-0.2, 0) is 0 Å². The molecular formula is C48H33N3. The Kier molecular flexibility index (Phi) is 6.08. The van der Waals surface area contributed by atoms with E-state index in [1.807, 2.05) is 0 Å². The van der Waals surface area contributed by atoms with Gasteiger partial charge < -0.3 is 14.5 Å². The Balaban J connectivity index is 1.02. The Bertz CT molecular complexity index is 2870. The minimum absolute atomic E-state index is 0.219. The van der Waals surface area contributed by atoms with E-state index in [2.05, 4.69) is 196 Å². The first-order valence-corrected chi connectivity index (χ1v) is 17.8. The second-order valence-electron chi connectivity index (χ2n) is 13.8. The van der Waals surface area contributed by atoms with Crippen molar-refractivity contribution in [3.05, 3.63) is 193 Å². The van der Waals surface area contributed by atoms with Crippen molar-refractivity contribution in [3.63, 3.8) is 0 Å². The molecule has 2 unspecified atom stereocenters. The fourth-order valence-corrected chi connectivity index (χ4v) is 8.69. The fraction of sp³-hybridized carbons (Fsp3) is 0.0417. The van der Waals surface area contributed by atoms with Gasteiger partial charge in [0.25, 0.3) is 0 Å². The number of anilines is 2. The second kappa shape index (κ2) is 11.0. The third-order valence-electron chi connectivity index (χ3n) is 11.0. The number of rotatable bonds is 4. The van der Waals surface area contributed by atoms with Crippen LogP contribution in [-0.4, -0.2) is 15.6 Å². The third-order valence-corrected chi connectivity index (χ3v) is 11.0. The van der Waals surface area contributed by atoms with E-state index in [9.17, 15) is 0 Å². The molecule has 2 aromatic heterocycles. The summed E-state index contributed by atoms with van der Waals surface area (Å²) in [5.74, 6) is 0.322. The Morgan fingerprint density at radius 1 is 0.471 bits per heavy atom. The maximum Gasteiger partial charge on any atom is 0.0635 e. The van der Waals surface area contributed by atoms with Crippen molar-refractivity contribution >= 4 is 60.6 Å². The largest absolute Gasteiger partial charge is 0.355 e. The number of nitrogens with one attached hydrogen (secondary N) is 1. The quantitative estimate of drug-likeness (QED) is 0.201. The average molecular weight is 652 g/mol. The number of aromatic nitrogens is 2. The van der Waals surface area contributed by atoms with Crippen LogP contribution < -0.4 is 4.90 Å². The first-order chi connectivity index (χ1) is 25.3. The van der Waals surface area contributed by atoms with Crippen LogP contribution in [0, 0.1) is 0 Å². The van der Waals surface area contributed by atoms with Gasteiger partial charge in [0, 0.05) is 55.6 Å². The number of para-hydroxylation sites is 4. The lowest BCUT2D eigenvalue weighted by atomic mass is 9.86. The predicted molar refractivity (Wildman–Crippen MR) is 214 cm³/mol. The molecule has 51 heavy (non-hydrogen) atoms. The van der Waals surface area contributed by atoms with Crippen molar-refractivity contribution in [2.24, 2.45) is 0 Å². The summed E-state index contributed by atoms with van der Waals surface area (Å²) in [5.41, 5.74) is 14.7. The lowest BCUT2D eigenvalue weighted by Gasteiger charge is -2.30.